The molecule has 0 spiro atoms. The maximum atomic E-state index is 11.6. The maximum absolute atomic E-state index is 11.6. The van der Waals surface area contributed by atoms with Crippen LogP contribution in [-0.4, -0.2) is 32.1 Å². The van der Waals surface area contributed by atoms with E-state index in [2.05, 4.69) is 4.72 Å². The lowest BCUT2D eigenvalue weighted by Gasteiger charge is -2.09. The smallest absolute Gasteiger partial charge is 0.321 e. The molecule has 0 aliphatic rings. The van der Waals surface area contributed by atoms with E-state index in [1.807, 2.05) is 0 Å². The second kappa shape index (κ2) is 6.55. The van der Waals surface area contributed by atoms with E-state index in [1.54, 1.807) is 18.2 Å². The fraction of sp³-hybridized carbons (Fsp3) is 0.222. The molecule has 0 aromatic heterocycles. The van der Waals surface area contributed by atoms with Gasteiger partial charge < -0.3 is 10.8 Å². The third-order valence-electron chi connectivity index (χ3n) is 1.86. The molecule has 17 heavy (non-hydrogen) atoms. The van der Waals surface area contributed by atoms with Crippen LogP contribution in [0, 0.1) is 0 Å². The summed E-state index contributed by atoms with van der Waals surface area (Å²) in [5, 5.41) is 8.49. The molecule has 1 aromatic rings. The molecule has 0 fully saturated rings. The zero-order valence-electron chi connectivity index (χ0n) is 8.74. The normalized spacial score (nSPS) is 12.5. The Balaban J connectivity index is 0.00000256. The molecule has 6 nitrogen and oxygen atoms in total. The molecule has 0 aliphatic carbocycles. The highest BCUT2D eigenvalue weighted by molar-refractivity contribution is 7.89. The number of carboxylic acids is 1. The average Bonchev–Trinajstić information content (AvgIpc) is 2.27. The fourth-order valence-electron chi connectivity index (χ4n) is 0.970. The van der Waals surface area contributed by atoms with E-state index >= 15 is 0 Å². The van der Waals surface area contributed by atoms with Crippen molar-refractivity contribution in [3.05, 3.63) is 30.3 Å². The molecular weight excluding hydrogens is 268 g/mol. The molecule has 0 saturated heterocycles. The lowest BCUT2D eigenvalue weighted by Crippen LogP contribution is -2.42. The number of nitrogens with one attached hydrogen (secondary N) is 1. The molecule has 1 rings (SSSR count). The van der Waals surface area contributed by atoms with Crippen LogP contribution in [0.1, 0.15) is 0 Å². The van der Waals surface area contributed by atoms with Crippen molar-refractivity contribution < 1.29 is 18.3 Å². The van der Waals surface area contributed by atoms with Gasteiger partial charge in [0.25, 0.3) is 0 Å². The Kier molecular flexibility index (Phi) is 6.11. The summed E-state index contributed by atoms with van der Waals surface area (Å²) >= 11 is 0. The number of hydrogen-bond donors (Lipinski definition) is 3. The van der Waals surface area contributed by atoms with Gasteiger partial charge in [-0.2, -0.15) is 0 Å². The largest absolute Gasteiger partial charge is 0.480 e. The molecule has 0 bridgehead atoms. The number of nitrogens with two attached hydrogens (primary N) is 1. The summed E-state index contributed by atoms with van der Waals surface area (Å²) in [5.41, 5.74) is 5.18. The maximum Gasteiger partial charge on any atom is 0.321 e. The van der Waals surface area contributed by atoms with E-state index in [-0.39, 0.29) is 23.8 Å². The highest BCUT2D eigenvalue weighted by Crippen LogP contribution is 2.06. The number of sulfonamides is 1. The first-order valence-electron chi connectivity index (χ1n) is 4.46. The van der Waals surface area contributed by atoms with Crippen LogP contribution in [0.15, 0.2) is 35.2 Å². The zero-order chi connectivity index (χ0) is 12.2. The van der Waals surface area contributed by atoms with Crippen molar-refractivity contribution >= 4 is 28.4 Å². The third kappa shape index (κ3) is 4.70. The fourth-order valence-corrected chi connectivity index (χ4v) is 2.05. The van der Waals surface area contributed by atoms with Crippen molar-refractivity contribution in [2.75, 3.05) is 6.54 Å². The number of aliphatic carboxylic acids is 1. The summed E-state index contributed by atoms with van der Waals surface area (Å²) in [6.07, 6.45) is 0. The summed E-state index contributed by atoms with van der Waals surface area (Å²) < 4.78 is 25.3. The number of carboxylic acid groups (broad SMARTS) is 1. The molecule has 1 aromatic carbocycles. The summed E-state index contributed by atoms with van der Waals surface area (Å²) in [5.74, 6) is -1.25. The van der Waals surface area contributed by atoms with Crippen LogP contribution >= 0.6 is 12.4 Å². The first-order chi connectivity index (χ1) is 7.43. The van der Waals surface area contributed by atoms with Crippen LogP contribution in [0.25, 0.3) is 0 Å². The number of benzene rings is 1. The van der Waals surface area contributed by atoms with Crippen LogP contribution in [-0.2, 0) is 14.8 Å². The number of carbonyl (C=O) groups is 1. The number of halogens is 1. The Morgan fingerprint density at radius 2 is 1.88 bits per heavy atom. The van der Waals surface area contributed by atoms with Gasteiger partial charge in [-0.1, -0.05) is 18.2 Å². The van der Waals surface area contributed by atoms with Crippen LogP contribution in [0.2, 0.25) is 0 Å². The van der Waals surface area contributed by atoms with Gasteiger partial charge in [0.05, 0.1) is 4.90 Å². The molecule has 0 amide bonds. The molecule has 8 heteroatoms. The van der Waals surface area contributed by atoms with Gasteiger partial charge in [0.2, 0.25) is 10.0 Å². The summed E-state index contributed by atoms with van der Waals surface area (Å²) in [4.78, 5) is 10.5. The third-order valence-corrected chi connectivity index (χ3v) is 3.30. The number of rotatable bonds is 5. The van der Waals surface area contributed by atoms with Gasteiger partial charge in [0.15, 0.2) is 0 Å². The Labute approximate surface area is 105 Å². The molecule has 0 heterocycles. The van der Waals surface area contributed by atoms with E-state index in [0.717, 1.165) is 0 Å². The van der Waals surface area contributed by atoms with E-state index in [4.69, 9.17) is 10.8 Å². The molecule has 1 atom stereocenters. The van der Waals surface area contributed by atoms with Crippen LogP contribution in [0.3, 0.4) is 0 Å². The molecule has 4 N–H and O–H groups in total. The van der Waals surface area contributed by atoms with Crippen molar-refractivity contribution in [2.24, 2.45) is 5.73 Å². The minimum absolute atomic E-state index is 0. The van der Waals surface area contributed by atoms with Crippen molar-refractivity contribution in [3.8, 4) is 0 Å². The minimum atomic E-state index is -3.68. The van der Waals surface area contributed by atoms with Crippen LogP contribution in [0.4, 0.5) is 0 Å². The predicted molar refractivity (Wildman–Crippen MR) is 64.5 cm³/mol. The van der Waals surface area contributed by atoms with E-state index in [1.165, 1.54) is 12.1 Å². The van der Waals surface area contributed by atoms with Gasteiger partial charge in [-0.3, -0.25) is 4.79 Å². The molecule has 0 aliphatic heterocycles. The quantitative estimate of drug-likeness (QED) is 0.692. The SMILES string of the molecule is Cl.NC(CNS(=O)(=O)c1ccccc1)C(=O)O. The first-order valence-corrected chi connectivity index (χ1v) is 5.95. The van der Waals surface area contributed by atoms with E-state index in [0.29, 0.717) is 0 Å². The van der Waals surface area contributed by atoms with Gasteiger partial charge in [0, 0.05) is 6.54 Å². The highest BCUT2D eigenvalue weighted by Gasteiger charge is 2.17. The number of hydrogen-bond acceptors (Lipinski definition) is 4. The minimum Gasteiger partial charge on any atom is -0.480 e. The standard InChI is InChI=1S/C9H12N2O4S.ClH/c10-8(9(12)13)6-11-16(14,15)7-4-2-1-3-5-7;/h1-5,8,11H,6,10H2,(H,12,13);1H. The van der Waals surface area contributed by atoms with Crippen molar-refractivity contribution in [2.45, 2.75) is 10.9 Å². The van der Waals surface area contributed by atoms with Gasteiger partial charge in [0.1, 0.15) is 6.04 Å². The second-order valence-electron chi connectivity index (χ2n) is 3.11. The first kappa shape index (κ1) is 15.9. The van der Waals surface area contributed by atoms with Crippen molar-refractivity contribution in [3.63, 3.8) is 0 Å². The van der Waals surface area contributed by atoms with Gasteiger partial charge >= 0.3 is 5.97 Å². The molecule has 1 unspecified atom stereocenters. The zero-order valence-corrected chi connectivity index (χ0v) is 10.4. The van der Waals surface area contributed by atoms with Crippen LogP contribution in [0.5, 0.6) is 0 Å². The molecular formula is C9H13ClN2O4S. The second-order valence-corrected chi connectivity index (χ2v) is 4.88. The topological polar surface area (TPSA) is 109 Å². The Morgan fingerprint density at radius 3 is 2.35 bits per heavy atom. The summed E-state index contributed by atoms with van der Waals surface area (Å²) in [6, 6.07) is 6.40. The highest BCUT2D eigenvalue weighted by atomic mass is 35.5. The summed E-state index contributed by atoms with van der Waals surface area (Å²) in [6.45, 7) is -0.341. The van der Waals surface area contributed by atoms with E-state index in [9.17, 15) is 13.2 Å². The molecule has 0 radical (unpaired) electrons. The van der Waals surface area contributed by atoms with Crippen molar-refractivity contribution in [1.82, 2.24) is 4.72 Å². The average molecular weight is 281 g/mol. The Bertz CT molecular complexity index is 463. The Hall–Kier alpha value is -1.15. The molecule has 0 saturated carbocycles. The van der Waals surface area contributed by atoms with Gasteiger partial charge in [-0.15, -0.1) is 12.4 Å². The van der Waals surface area contributed by atoms with Gasteiger partial charge in [-0.25, -0.2) is 13.1 Å². The van der Waals surface area contributed by atoms with Gasteiger partial charge in [-0.05, 0) is 12.1 Å². The lowest BCUT2D eigenvalue weighted by molar-refractivity contribution is -0.138. The predicted octanol–water partition coefficient (Wildman–Crippen LogP) is -0.201. The molecule has 96 valence electrons. The van der Waals surface area contributed by atoms with Crippen molar-refractivity contribution in [1.29, 1.82) is 0 Å². The lowest BCUT2D eigenvalue weighted by atomic mass is 10.3. The Morgan fingerprint density at radius 1 is 1.35 bits per heavy atom. The summed E-state index contributed by atoms with van der Waals surface area (Å²) in [7, 11) is -3.68. The van der Waals surface area contributed by atoms with E-state index < -0.39 is 22.0 Å². The monoisotopic (exact) mass is 280 g/mol. The van der Waals surface area contributed by atoms with Crippen LogP contribution < -0.4 is 10.5 Å².